The number of aliphatic hydroxyl groups excluding tert-OH is 4. The van der Waals surface area contributed by atoms with Crippen LogP contribution >= 0.6 is 11.8 Å². The van der Waals surface area contributed by atoms with Gasteiger partial charge < -0.3 is 45.3 Å². The predicted molar refractivity (Wildman–Crippen MR) is 203 cm³/mol. The zero-order chi connectivity index (χ0) is 36.8. The highest BCUT2D eigenvalue weighted by molar-refractivity contribution is 8.14. The van der Waals surface area contributed by atoms with E-state index in [1.54, 1.807) is 11.8 Å². The highest BCUT2D eigenvalue weighted by Gasteiger charge is 2.47. The lowest BCUT2D eigenvalue weighted by molar-refractivity contribution is -0.169. The second-order valence-corrected chi connectivity index (χ2v) is 14.5. The summed E-state index contributed by atoms with van der Waals surface area (Å²) in [5, 5.41) is 40.7. The van der Waals surface area contributed by atoms with Gasteiger partial charge in [-0.05, 0) is 29.5 Å². The molecule has 0 saturated heterocycles. The quantitative estimate of drug-likeness (QED) is 0.195. The molecule has 11 heteroatoms. The summed E-state index contributed by atoms with van der Waals surface area (Å²) >= 11 is 1.62. The molecule has 10 nitrogen and oxygen atoms in total. The highest BCUT2D eigenvalue weighted by Crippen LogP contribution is 2.40. The van der Waals surface area contributed by atoms with Crippen LogP contribution in [0.5, 0.6) is 0 Å². The summed E-state index contributed by atoms with van der Waals surface area (Å²) in [6, 6.07) is 29.4. The van der Waals surface area contributed by atoms with Crippen molar-refractivity contribution >= 4 is 16.9 Å². The maximum atomic E-state index is 10.7. The van der Waals surface area contributed by atoms with Crippen LogP contribution in [0.1, 0.15) is 43.4 Å². The monoisotopic (exact) mass is 723 g/mol. The Morgan fingerprint density at radius 2 is 1.24 bits per heavy atom. The number of aliphatic imine (C=N–C) groups is 1. The van der Waals surface area contributed by atoms with Crippen LogP contribution in [0.15, 0.2) is 96.0 Å². The topological polar surface area (TPSA) is 150 Å². The van der Waals surface area contributed by atoms with Gasteiger partial charge in [-0.25, -0.2) is 0 Å². The molecule has 6 N–H and O–H groups in total. The van der Waals surface area contributed by atoms with Gasteiger partial charge in [0.15, 0.2) is 5.17 Å². The van der Waals surface area contributed by atoms with Gasteiger partial charge in [-0.15, -0.1) is 0 Å². The molecule has 1 heterocycles. The number of thioether (sulfide) groups is 1. The zero-order valence-corrected chi connectivity index (χ0v) is 31.1. The maximum absolute atomic E-state index is 10.7. The molecule has 1 aliphatic heterocycles. The van der Waals surface area contributed by atoms with Gasteiger partial charge >= 0.3 is 0 Å². The van der Waals surface area contributed by atoms with Crippen molar-refractivity contribution in [2.45, 2.75) is 94.4 Å². The van der Waals surface area contributed by atoms with Crippen LogP contribution in [0.2, 0.25) is 0 Å². The van der Waals surface area contributed by atoms with E-state index < -0.39 is 30.5 Å². The van der Waals surface area contributed by atoms with Crippen LogP contribution < -0.4 is 5.73 Å². The third-order valence-electron chi connectivity index (χ3n) is 9.40. The van der Waals surface area contributed by atoms with Crippen LogP contribution in [0, 0.1) is 11.8 Å². The third kappa shape index (κ3) is 11.6. The molecule has 2 fully saturated rings. The first-order valence-electron chi connectivity index (χ1n) is 18.0. The van der Waals surface area contributed by atoms with E-state index >= 15 is 0 Å². The number of aliphatic hydroxyl groups is 4. The van der Waals surface area contributed by atoms with E-state index in [9.17, 15) is 15.3 Å². The lowest BCUT2D eigenvalue weighted by Gasteiger charge is -2.43. The number of ether oxygens (including phenoxy) is 3. The molecule has 0 amide bonds. The Morgan fingerprint density at radius 1 is 0.725 bits per heavy atom. The van der Waals surface area contributed by atoms with Crippen molar-refractivity contribution in [3.63, 3.8) is 0 Å². The molecule has 0 aromatic heterocycles. The average Bonchev–Trinajstić information content (AvgIpc) is 3.61. The minimum absolute atomic E-state index is 0.0343. The molecule has 6 rings (SSSR count). The Balaban J connectivity index is 0.000000271. The fraction of sp³-hybridized carbons (Fsp3) is 0.525. The minimum Gasteiger partial charge on any atom is -0.396 e. The fourth-order valence-corrected chi connectivity index (χ4v) is 7.96. The summed E-state index contributed by atoms with van der Waals surface area (Å²) in [5.74, 6) is -0.270. The number of hydrogen-bond donors (Lipinski definition) is 5. The molecule has 280 valence electrons. The number of hydrogen-bond acceptors (Lipinski definition) is 11. The van der Waals surface area contributed by atoms with Crippen molar-refractivity contribution in [3.8, 4) is 0 Å². The number of benzene rings is 3. The van der Waals surface area contributed by atoms with Crippen molar-refractivity contribution in [1.29, 1.82) is 0 Å². The van der Waals surface area contributed by atoms with E-state index in [0.717, 1.165) is 21.9 Å². The van der Waals surface area contributed by atoms with Crippen molar-refractivity contribution in [2.75, 3.05) is 27.3 Å². The van der Waals surface area contributed by atoms with Crippen molar-refractivity contribution in [1.82, 2.24) is 4.90 Å². The normalized spacial score (nSPS) is 29.8. The first kappa shape index (κ1) is 40.9. The molecule has 10 atom stereocenters. The van der Waals surface area contributed by atoms with E-state index in [-0.39, 0.29) is 35.8 Å². The Kier molecular flexibility index (Phi) is 16.9. The molecular formula is C40H57N3O7S. The van der Waals surface area contributed by atoms with Gasteiger partial charge in [0.25, 0.3) is 0 Å². The first-order valence-corrected chi connectivity index (χ1v) is 18.9. The van der Waals surface area contributed by atoms with E-state index in [4.69, 9.17) is 25.1 Å². The number of rotatable bonds is 11. The minimum atomic E-state index is -0.864. The highest BCUT2D eigenvalue weighted by atomic mass is 32.2. The molecule has 3 aromatic rings. The second kappa shape index (κ2) is 21.0. The van der Waals surface area contributed by atoms with E-state index in [1.165, 1.54) is 0 Å². The number of nitrogens with zero attached hydrogens (tertiary/aromatic N) is 2. The summed E-state index contributed by atoms with van der Waals surface area (Å²) in [7, 11) is 3.82. The average molecular weight is 724 g/mol. The van der Waals surface area contributed by atoms with Gasteiger partial charge in [-0.3, -0.25) is 4.99 Å². The Labute approximate surface area is 307 Å². The number of nitrogens with two attached hydrogens (primary N) is 1. The SMILES string of the molecule is CC.CN(C)C1=N[C@H]2[C@H](O)[C@@H](O)[C@H](CO)C[C@H]2S1.N[C@H]1[C@H](OCc2ccccc2)[C@@H](OCc2ccccc2)[C@H](COCc2ccccc2)C[C@@H]1O. The lowest BCUT2D eigenvalue weighted by atomic mass is 9.79. The number of fused-ring (bicyclic) bond motifs is 1. The van der Waals surface area contributed by atoms with E-state index in [2.05, 4.69) is 4.99 Å². The van der Waals surface area contributed by atoms with Crippen molar-refractivity contribution in [3.05, 3.63) is 108 Å². The molecule has 3 aliphatic rings. The van der Waals surface area contributed by atoms with Gasteiger partial charge in [-0.1, -0.05) is 117 Å². The van der Waals surface area contributed by atoms with Gasteiger partial charge in [0.1, 0.15) is 12.2 Å². The molecule has 3 aromatic carbocycles. The summed E-state index contributed by atoms with van der Waals surface area (Å²) in [5.41, 5.74) is 9.69. The smallest absolute Gasteiger partial charge is 0.159 e. The van der Waals surface area contributed by atoms with Crippen LogP contribution in [0.25, 0.3) is 0 Å². The van der Waals surface area contributed by atoms with Crippen LogP contribution in [-0.4, -0.2) is 106 Å². The molecule has 0 spiro atoms. The molecule has 0 unspecified atom stereocenters. The van der Waals surface area contributed by atoms with Crippen LogP contribution in [0.4, 0.5) is 0 Å². The standard InChI is InChI=1S/C28H33NO4.C10H18N2O3S.C2H6/c29-26-25(30)16-24(20-31-17-21-10-4-1-5-11-21)27(32-18-22-12-6-2-7-13-22)28(26)33-19-23-14-8-3-9-15-23;1-12(2)10-11-7-6(16-10)3-5(4-13)8(14)9(7)15;1-2/h1-15,24-28,30H,16-20,29H2;5-9,13-15H,3-4H2,1-2H3;1-2H3/t24-,25-,26+,27-,28-;5-,6+,7+,8-,9-;/m00./s1. The van der Waals surface area contributed by atoms with Gasteiger partial charge in [0, 0.05) is 37.8 Å². The molecule has 51 heavy (non-hydrogen) atoms. The van der Waals surface area contributed by atoms with Crippen molar-refractivity contribution < 1.29 is 34.6 Å². The summed E-state index contributed by atoms with van der Waals surface area (Å²) in [4.78, 5) is 6.34. The first-order chi connectivity index (χ1) is 24.7. The predicted octanol–water partition coefficient (Wildman–Crippen LogP) is 4.23. The van der Waals surface area contributed by atoms with Gasteiger partial charge in [-0.2, -0.15) is 0 Å². The van der Waals surface area contributed by atoms with Crippen LogP contribution in [0.3, 0.4) is 0 Å². The van der Waals surface area contributed by atoms with Crippen molar-refractivity contribution in [2.24, 2.45) is 22.6 Å². The van der Waals surface area contributed by atoms with Gasteiger partial charge in [0.2, 0.25) is 0 Å². The van der Waals surface area contributed by atoms with Gasteiger partial charge in [0.05, 0.1) is 56.8 Å². The van der Waals surface area contributed by atoms with Crippen LogP contribution in [-0.2, 0) is 34.0 Å². The lowest BCUT2D eigenvalue weighted by Crippen LogP contribution is -2.60. The zero-order valence-electron chi connectivity index (χ0n) is 30.3. The van der Waals surface area contributed by atoms with E-state index in [1.807, 2.05) is 124 Å². The summed E-state index contributed by atoms with van der Waals surface area (Å²) in [6.45, 7) is 5.76. The molecule has 0 radical (unpaired) electrons. The Hall–Kier alpha value is -2.84. The number of amidine groups is 1. The molecular weight excluding hydrogens is 667 g/mol. The molecule has 2 saturated carbocycles. The maximum Gasteiger partial charge on any atom is 0.159 e. The van der Waals surface area contributed by atoms with E-state index in [0.29, 0.717) is 39.3 Å². The molecule has 0 bridgehead atoms. The Bertz CT molecular complexity index is 1420. The summed E-state index contributed by atoms with van der Waals surface area (Å²) < 4.78 is 18.7. The molecule has 2 aliphatic carbocycles. The Morgan fingerprint density at radius 3 is 1.75 bits per heavy atom. The summed E-state index contributed by atoms with van der Waals surface area (Å²) in [6.07, 6.45) is -1.91. The fourth-order valence-electron chi connectivity index (χ4n) is 6.60. The largest absolute Gasteiger partial charge is 0.396 e. The second-order valence-electron chi connectivity index (χ2n) is 13.3. The third-order valence-corrected chi connectivity index (χ3v) is 10.9.